The quantitative estimate of drug-likeness (QED) is 0.842. The number of rotatable bonds is 4. The minimum Gasteiger partial charge on any atom is -0.341 e. The Morgan fingerprint density at radius 2 is 1.86 bits per heavy atom. The average Bonchev–Trinajstić information content (AvgIpc) is 3.18. The zero-order valence-electron chi connectivity index (χ0n) is 13.1. The monoisotopic (exact) mass is 341 g/mol. The molecule has 1 unspecified atom stereocenters. The van der Waals surface area contributed by atoms with Crippen LogP contribution in [0, 0.1) is 0 Å². The normalized spacial score (nSPS) is 22.2. The van der Waals surface area contributed by atoms with Crippen LogP contribution in [0.15, 0.2) is 12.1 Å². The topological polar surface area (TPSA) is 26.8 Å². The molecule has 2 aliphatic heterocycles. The lowest BCUT2D eigenvalue weighted by Gasteiger charge is -2.38. The van der Waals surface area contributed by atoms with E-state index in [-0.39, 0.29) is 6.04 Å². The number of likely N-dealkylation sites (tertiary alicyclic amines) is 1. The number of halogens is 1. The van der Waals surface area contributed by atoms with Gasteiger partial charge >= 0.3 is 0 Å². The Bertz CT molecular complexity index is 507. The van der Waals surface area contributed by atoms with E-state index in [9.17, 15) is 4.79 Å². The lowest BCUT2D eigenvalue weighted by molar-refractivity contribution is -0.136. The molecular weight excluding hydrogens is 318 g/mol. The maximum atomic E-state index is 12.5. The molecule has 2 fully saturated rings. The highest BCUT2D eigenvalue weighted by Gasteiger charge is 2.29. The van der Waals surface area contributed by atoms with E-state index >= 15 is 0 Å². The SMILES string of the molecule is CC(C(=O)N1CCCC1)N1CCN(Cc2ccc(Cl)s2)CC1. The summed E-state index contributed by atoms with van der Waals surface area (Å²) in [6, 6.07) is 4.10. The summed E-state index contributed by atoms with van der Waals surface area (Å²) in [5.74, 6) is 0.316. The number of piperazine rings is 1. The van der Waals surface area contributed by atoms with E-state index in [0.717, 1.165) is 63.0 Å². The number of carbonyl (C=O) groups is 1. The summed E-state index contributed by atoms with van der Waals surface area (Å²) in [5, 5.41) is 0. The van der Waals surface area contributed by atoms with Crippen LogP contribution in [-0.2, 0) is 11.3 Å². The van der Waals surface area contributed by atoms with E-state index in [1.165, 1.54) is 4.88 Å². The molecule has 6 heteroatoms. The number of nitrogens with zero attached hydrogens (tertiary/aromatic N) is 3. The van der Waals surface area contributed by atoms with Crippen LogP contribution in [0.25, 0.3) is 0 Å². The largest absolute Gasteiger partial charge is 0.341 e. The van der Waals surface area contributed by atoms with Crippen LogP contribution in [0.4, 0.5) is 0 Å². The van der Waals surface area contributed by atoms with Gasteiger partial charge in [0.15, 0.2) is 0 Å². The van der Waals surface area contributed by atoms with Crippen LogP contribution in [0.5, 0.6) is 0 Å². The first-order chi connectivity index (χ1) is 10.6. The number of carbonyl (C=O) groups excluding carboxylic acids is 1. The first kappa shape index (κ1) is 16.2. The Labute approximate surface area is 141 Å². The number of hydrogen-bond donors (Lipinski definition) is 0. The smallest absolute Gasteiger partial charge is 0.239 e. The van der Waals surface area contributed by atoms with Gasteiger partial charge in [-0.25, -0.2) is 0 Å². The first-order valence-corrected chi connectivity index (χ1v) is 9.32. The predicted molar refractivity (Wildman–Crippen MR) is 91.5 cm³/mol. The van der Waals surface area contributed by atoms with Gasteiger partial charge < -0.3 is 4.90 Å². The van der Waals surface area contributed by atoms with Gasteiger partial charge in [0.05, 0.1) is 10.4 Å². The van der Waals surface area contributed by atoms with Crippen LogP contribution < -0.4 is 0 Å². The molecule has 0 spiro atoms. The molecule has 0 N–H and O–H groups in total. The van der Waals surface area contributed by atoms with Gasteiger partial charge in [-0.3, -0.25) is 14.6 Å². The van der Waals surface area contributed by atoms with Crippen molar-refractivity contribution in [2.45, 2.75) is 32.4 Å². The van der Waals surface area contributed by atoms with Crippen molar-refractivity contribution in [2.24, 2.45) is 0 Å². The predicted octanol–water partition coefficient (Wildman–Crippen LogP) is 2.53. The first-order valence-electron chi connectivity index (χ1n) is 8.13. The van der Waals surface area contributed by atoms with Crippen LogP contribution in [0.1, 0.15) is 24.6 Å². The molecule has 1 atom stereocenters. The Morgan fingerprint density at radius 3 is 2.45 bits per heavy atom. The number of hydrogen-bond acceptors (Lipinski definition) is 4. The molecule has 1 amide bonds. The minimum atomic E-state index is 0.0245. The minimum absolute atomic E-state index is 0.0245. The van der Waals surface area contributed by atoms with Crippen molar-refractivity contribution in [3.8, 4) is 0 Å². The van der Waals surface area contributed by atoms with Gasteiger partial charge in [0.2, 0.25) is 5.91 Å². The van der Waals surface area contributed by atoms with Gasteiger partial charge in [0.25, 0.3) is 0 Å². The maximum absolute atomic E-state index is 12.5. The van der Waals surface area contributed by atoms with Gasteiger partial charge in [-0.05, 0) is 31.9 Å². The second kappa shape index (κ2) is 7.30. The van der Waals surface area contributed by atoms with Gasteiger partial charge in [0.1, 0.15) is 0 Å². The molecule has 1 aromatic rings. The average molecular weight is 342 g/mol. The summed E-state index contributed by atoms with van der Waals surface area (Å²) in [7, 11) is 0. The highest BCUT2D eigenvalue weighted by atomic mass is 35.5. The Balaban J connectivity index is 1.47. The van der Waals surface area contributed by atoms with Gasteiger partial charge in [-0.15, -0.1) is 11.3 Å². The lowest BCUT2D eigenvalue weighted by Crippen LogP contribution is -2.53. The van der Waals surface area contributed by atoms with Crippen molar-refractivity contribution in [1.82, 2.24) is 14.7 Å². The lowest BCUT2D eigenvalue weighted by atomic mass is 10.2. The molecule has 0 saturated carbocycles. The van der Waals surface area contributed by atoms with E-state index in [1.54, 1.807) is 11.3 Å². The molecule has 2 aliphatic rings. The molecule has 2 saturated heterocycles. The van der Waals surface area contributed by atoms with E-state index < -0.39 is 0 Å². The van der Waals surface area contributed by atoms with Crippen molar-refractivity contribution < 1.29 is 4.79 Å². The summed E-state index contributed by atoms with van der Waals surface area (Å²) in [6.45, 7) is 8.92. The second-order valence-electron chi connectivity index (χ2n) is 6.23. The van der Waals surface area contributed by atoms with E-state index in [4.69, 9.17) is 11.6 Å². The van der Waals surface area contributed by atoms with Crippen molar-refractivity contribution in [3.63, 3.8) is 0 Å². The van der Waals surface area contributed by atoms with Crippen LogP contribution in [0.3, 0.4) is 0 Å². The molecular formula is C16H24ClN3OS. The van der Waals surface area contributed by atoms with E-state index in [0.29, 0.717) is 5.91 Å². The third kappa shape index (κ3) is 3.82. The Morgan fingerprint density at radius 1 is 1.18 bits per heavy atom. The molecule has 22 heavy (non-hydrogen) atoms. The summed E-state index contributed by atoms with van der Waals surface area (Å²) < 4.78 is 0.860. The fourth-order valence-corrected chi connectivity index (χ4v) is 4.45. The fourth-order valence-electron chi connectivity index (χ4n) is 3.32. The molecule has 0 radical (unpaired) electrons. The number of amides is 1. The molecule has 4 nitrogen and oxygen atoms in total. The highest BCUT2D eigenvalue weighted by Crippen LogP contribution is 2.23. The van der Waals surface area contributed by atoms with Crippen molar-refractivity contribution in [2.75, 3.05) is 39.3 Å². The zero-order valence-corrected chi connectivity index (χ0v) is 14.7. The van der Waals surface area contributed by atoms with Crippen LogP contribution in [0.2, 0.25) is 4.34 Å². The van der Waals surface area contributed by atoms with Gasteiger partial charge in [-0.2, -0.15) is 0 Å². The maximum Gasteiger partial charge on any atom is 0.239 e. The molecule has 3 heterocycles. The van der Waals surface area contributed by atoms with Crippen molar-refractivity contribution in [1.29, 1.82) is 0 Å². The fraction of sp³-hybridized carbons (Fsp3) is 0.688. The molecule has 122 valence electrons. The second-order valence-corrected chi connectivity index (χ2v) is 8.03. The van der Waals surface area contributed by atoms with E-state index in [1.807, 2.05) is 11.0 Å². The third-order valence-electron chi connectivity index (χ3n) is 4.74. The summed E-state index contributed by atoms with van der Waals surface area (Å²) in [4.78, 5) is 20.6. The Kier molecular flexibility index (Phi) is 5.39. The highest BCUT2D eigenvalue weighted by molar-refractivity contribution is 7.16. The molecule has 0 bridgehead atoms. The van der Waals surface area contributed by atoms with Crippen LogP contribution >= 0.6 is 22.9 Å². The summed E-state index contributed by atoms with van der Waals surface area (Å²) >= 11 is 7.65. The van der Waals surface area contributed by atoms with Crippen molar-refractivity contribution in [3.05, 3.63) is 21.3 Å². The standard InChI is InChI=1S/C16H24ClN3OS/c1-13(16(21)20-6-2-3-7-20)19-10-8-18(9-11-19)12-14-4-5-15(17)22-14/h4-5,13H,2-3,6-12H2,1H3. The molecule has 0 aromatic carbocycles. The summed E-state index contributed by atoms with van der Waals surface area (Å²) in [5.41, 5.74) is 0. The molecule has 3 rings (SSSR count). The number of thiophene rings is 1. The molecule has 1 aromatic heterocycles. The van der Waals surface area contributed by atoms with Gasteiger partial charge in [0, 0.05) is 50.7 Å². The third-order valence-corrected chi connectivity index (χ3v) is 5.95. The van der Waals surface area contributed by atoms with Crippen LogP contribution in [-0.4, -0.2) is 65.9 Å². The summed E-state index contributed by atoms with van der Waals surface area (Å²) in [6.07, 6.45) is 2.32. The van der Waals surface area contributed by atoms with Gasteiger partial charge in [-0.1, -0.05) is 11.6 Å². The van der Waals surface area contributed by atoms with E-state index in [2.05, 4.69) is 22.8 Å². The van der Waals surface area contributed by atoms with Crippen molar-refractivity contribution >= 4 is 28.8 Å². The zero-order chi connectivity index (χ0) is 15.5. The Hall–Kier alpha value is -0.620. The molecule has 0 aliphatic carbocycles.